The van der Waals surface area contributed by atoms with E-state index in [4.69, 9.17) is 0 Å². The van der Waals surface area contributed by atoms with Gasteiger partial charge in [0.15, 0.2) is 0 Å². The van der Waals surface area contributed by atoms with E-state index < -0.39 is 28.8 Å². The van der Waals surface area contributed by atoms with E-state index in [1.54, 1.807) is 0 Å². The van der Waals surface area contributed by atoms with Crippen molar-refractivity contribution < 1.29 is 27.1 Å². The number of hydrogen-bond donors (Lipinski definition) is 1. The van der Waals surface area contributed by atoms with E-state index in [9.17, 15) is 27.1 Å². The first-order chi connectivity index (χ1) is 9.78. The first kappa shape index (κ1) is 15.8. The van der Waals surface area contributed by atoms with Crippen LogP contribution < -0.4 is 0 Å². The molecule has 1 nitrogen and oxygen atoms in total. The van der Waals surface area contributed by atoms with Gasteiger partial charge >= 0.3 is 5.51 Å². The van der Waals surface area contributed by atoms with Crippen LogP contribution in [0.1, 0.15) is 17.2 Å². The lowest BCUT2D eigenvalue weighted by Gasteiger charge is -2.14. The summed E-state index contributed by atoms with van der Waals surface area (Å²) in [5.74, 6) is -1.84. The molecule has 2 aromatic carbocycles. The van der Waals surface area contributed by atoms with E-state index >= 15 is 0 Å². The molecule has 0 amide bonds. The Morgan fingerprint density at radius 1 is 0.905 bits per heavy atom. The van der Waals surface area contributed by atoms with E-state index in [0.29, 0.717) is 0 Å². The Balaban J connectivity index is 2.26. The van der Waals surface area contributed by atoms with Crippen molar-refractivity contribution in [1.29, 1.82) is 0 Å². The lowest BCUT2D eigenvalue weighted by atomic mass is 10.0. The zero-order chi connectivity index (χ0) is 15.6. The van der Waals surface area contributed by atoms with Crippen LogP contribution in [0.4, 0.5) is 22.0 Å². The van der Waals surface area contributed by atoms with Gasteiger partial charge in [-0.2, -0.15) is 13.2 Å². The van der Waals surface area contributed by atoms with Crippen LogP contribution in [0.25, 0.3) is 0 Å². The maximum atomic E-state index is 13.5. The van der Waals surface area contributed by atoms with Crippen LogP contribution in [0, 0.1) is 11.6 Å². The quantitative estimate of drug-likeness (QED) is 0.656. The number of alkyl halides is 3. The van der Waals surface area contributed by atoms with Crippen LogP contribution in [-0.2, 0) is 0 Å². The van der Waals surface area contributed by atoms with Gasteiger partial charge in [0.25, 0.3) is 0 Å². The largest absolute Gasteiger partial charge is 0.446 e. The van der Waals surface area contributed by atoms with Gasteiger partial charge in [0.05, 0.1) is 5.56 Å². The Kier molecular flexibility index (Phi) is 4.53. The number of aliphatic hydroxyl groups is 1. The second kappa shape index (κ2) is 6.03. The molecule has 0 saturated heterocycles. The van der Waals surface area contributed by atoms with Crippen molar-refractivity contribution in [2.75, 3.05) is 0 Å². The van der Waals surface area contributed by atoms with Gasteiger partial charge in [0, 0.05) is 4.90 Å². The van der Waals surface area contributed by atoms with E-state index in [0.717, 1.165) is 30.3 Å². The lowest BCUT2D eigenvalue weighted by molar-refractivity contribution is -0.0328. The van der Waals surface area contributed by atoms with E-state index in [-0.39, 0.29) is 22.2 Å². The highest BCUT2D eigenvalue weighted by Crippen LogP contribution is 2.37. The van der Waals surface area contributed by atoms with Gasteiger partial charge < -0.3 is 5.11 Å². The van der Waals surface area contributed by atoms with Gasteiger partial charge in [-0.05, 0) is 41.6 Å². The fourth-order valence-electron chi connectivity index (χ4n) is 1.79. The van der Waals surface area contributed by atoms with Crippen LogP contribution in [0.5, 0.6) is 0 Å². The second-order valence-corrected chi connectivity index (χ2v) is 5.29. The Morgan fingerprint density at radius 3 is 1.90 bits per heavy atom. The lowest BCUT2D eigenvalue weighted by Crippen LogP contribution is -2.06. The zero-order valence-electron chi connectivity index (χ0n) is 10.4. The van der Waals surface area contributed by atoms with Crippen molar-refractivity contribution in [3.05, 3.63) is 65.2 Å². The molecule has 0 fully saturated rings. The van der Waals surface area contributed by atoms with E-state index in [2.05, 4.69) is 0 Å². The third-order valence-corrected chi connectivity index (χ3v) is 3.44. The third-order valence-electron chi connectivity index (χ3n) is 2.70. The van der Waals surface area contributed by atoms with Crippen LogP contribution in [-0.4, -0.2) is 10.6 Å². The van der Waals surface area contributed by atoms with Crippen LogP contribution in [0.3, 0.4) is 0 Å². The topological polar surface area (TPSA) is 20.2 Å². The minimum Gasteiger partial charge on any atom is -0.383 e. The van der Waals surface area contributed by atoms with E-state index in [1.807, 2.05) is 0 Å². The molecule has 2 rings (SSSR count). The summed E-state index contributed by atoms with van der Waals surface area (Å²) < 4.78 is 63.6. The molecule has 1 N–H and O–H groups in total. The molecule has 0 bridgehead atoms. The summed E-state index contributed by atoms with van der Waals surface area (Å²) >= 11 is -0.307. The molecule has 0 aliphatic heterocycles. The summed E-state index contributed by atoms with van der Waals surface area (Å²) in [7, 11) is 0. The molecule has 0 aliphatic carbocycles. The van der Waals surface area contributed by atoms with Gasteiger partial charge in [-0.1, -0.05) is 18.2 Å². The average Bonchev–Trinajstić information content (AvgIpc) is 2.37. The zero-order valence-corrected chi connectivity index (χ0v) is 11.2. The van der Waals surface area contributed by atoms with Crippen molar-refractivity contribution in [3.63, 3.8) is 0 Å². The monoisotopic (exact) mass is 320 g/mol. The summed E-state index contributed by atoms with van der Waals surface area (Å²) in [6.07, 6.45) is -1.59. The van der Waals surface area contributed by atoms with Crippen LogP contribution >= 0.6 is 11.8 Å². The molecule has 0 spiro atoms. The SMILES string of the molecule is OC(c1ccc(SC(F)(F)F)cc1)c1c(F)cccc1F. The molecule has 1 atom stereocenters. The Labute approximate surface area is 121 Å². The maximum absolute atomic E-state index is 13.5. The summed E-state index contributed by atoms with van der Waals surface area (Å²) in [5, 5.41) is 9.97. The minimum atomic E-state index is -4.42. The predicted octanol–water partition coefficient (Wildman–Crippen LogP) is 4.66. The van der Waals surface area contributed by atoms with Crippen LogP contribution in [0.2, 0.25) is 0 Å². The highest BCUT2D eigenvalue weighted by atomic mass is 32.2. The standard InChI is InChI=1S/C14H9F5OS/c15-10-2-1-3-11(16)12(10)13(20)8-4-6-9(7-5-8)21-14(17,18)19/h1-7,13,20H. The van der Waals surface area contributed by atoms with Gasteiger partial charge in [-0.25, -0.2) is 8.78 Å². The number of halogens is 5. The summed E-state index contributed by atoms with van der Waals surface area (Å²) in [5.41, 5.74) is -4.85. The second-order valence-electron chi connectivity index (χ2n) is 4.15. The van der Waals surface area contributed by atoms with E-state index in [1.165, 1.54) is 12.1 Å². The molecular formula is C14H9F5OS. The molecular weight excluding hydrogens is 311 g/mol. The Morgan fingerprint density at radius 2 is 1.43 bits per heavy atom. The maximum Gasteiger partial charge on any atom is 0.446 e. The molecule has 21 heavy (non-hydrogen) atoms. The molecule has 2 aromatic rings. The molecule has 1 unspecified atom stereocenters. The fourth-order valence-corrected chi connectivity index (χ4v) is 2.33. The van der Waals surface area contributed by atoms with Crippen molar-refractivity contribution in [2.45, 2.75) is 16.5 Å². The van der Waals surface area contributed by atoms with Gasteiger partial charge in [-0.15, -0.1) is 0 Å². The van der Waals surface area contributed by atoms with Gasteiger partial charge in [0.2, 0.25) is 0 Å². The molecule has 0 saturated carbocycles. The minimum absolute atomic E-state index is 0.0764. The van der Waals surface area contributed by atoms with Gasteiger partial charge in [0.1, 0.15) is 17.7 Å². The smallest absolute Gasteiger partial charge is 0.383 e. The fraction of sp³-hybridized carbons (Fsp3) is 0.143. The molecule has 0 radical (unpaired) electrons. The normalized spacial score (nSPS) is 13.2. The molecule has 7 heteroatoms. The summed E-state index contributed by atoms with van der Waals surface area (Å²) in [6, 6.07) is 7.81. The predicted molar refractivity (Wildman–Crippen MR) is 68.8 cm³/mol. The first-order valence-corrected chi connectivity index (χ1v) is 6.57. The molecule has 0 heterocycles. The Bertz CT molecular complexity index is 604. The van der Waals surface area contributed by atoms with Crippen molar-refractivity contribution in [3.8, 4) is 0 Å². The van der Waals surface area contributed by atoms with Crippen molar-refractivity contribution in [2.24, 2.45) is 0 Å². The number of thioether (sulfide) groups is 1. The number of hydrogen-bond acceptors (Lipinski definition) is 2. The summed E-state index contributed by atoms with van der Waals surface area (Å²) in [4.78, 5) is -0.0764. The van der Waals surface area contributed by atoms with Crippen molar-refractivity contribution >= 4 is 11.8 Å². The first-order valence-electron chi connectivity index (χ1n) is 5.75. The number of benzene rings is 2. The van der Waals surface area contributed by atoms with Crippen LogP contribution in [0.15, 0.2) is 47.4 Å². The van der Waals surface area contributed by atoms with Crippen molar-refractivity contribution in [1.82, 2.24) is 0 Å². The average molecular weight is 320 g/mol. The highest BCUT2D eigenvalue weighted by molar-refractivity contribution is 8.00. The molecule has 0 aromatic heterocycles. The van der Waals surface area contributed by atoms with Gasteiger partial charge in [-0.3, -0.25) is 0 Å². The highest BCUT2D eigenvalue weighted by Gasteiger charge is 2.29. The number of rotatable bonds is 3. The third kappa shape index (κ3) is 3.95. The number of aliphatic hydroxyl groups excluding tert-OH is 1. The molecule has 112 valence electrons. The molecule has 0 aliphatic rings. The Hall–Kier alpha value is -1.60. The summed E-state index contributed by atoms with van der Waals surface area (Å²) in [6.45, 7) is 0.